The predicted molar refractivity (Wildman–Crippen MR) is 249 cm³/mol. The van der Waals surface area contributed by atoms with Gasteiger partial charge in [0.25, 0.3) is 0 Å². The number of carbonyl (C=O) groups excluding carboxylic acids is 1. The Morgan fingerprint density at radius 3 is 2.31 bits per heavy atom. The van der Waals surface area contributed by atoms with Crippen molar-refractivity contribution in [1.29, 1.82) is 0 Å². The van der Waals surface area contributed by atoms with E-state index in [1.807, 2.05) is 91.2 Å². The van der Waals surface area contributed by atoms with Gasteiger partial charge in [-0.2, -0.15) is 9.97 Å². The standard InChI is InChI=1S/C52H48ClF3N6O3/c1-5-38-42(55)20-17-33-23-35(57-46(31-13-8-6-9-14-31)32-15-10-7-11-16-32)24-39(43(33)38)44-41(53)25-40-47(45(44)56)58-49(64-30-52-21-12-22-61(52)27-34(54)26-52)59-48(40)60-28-36-18-19-37(29-60)62(36)50(63)65-51(2,3)4/h1,6-11,13-17,20,23-25,34,36-37H,12,18-19,21-22,26-30H2,2-4H3/t34-,36?,37?,52+/m1/s1. The summed E-state index contributed by atoms with van der Waals surface area (Å²) in [5.41, 5.74) is 1.70. The van der Waals surface area contributed by atoms with Gasteiger partial charge in [0.05, 0.1) is 39.6 Å². The van der Waals surface area contributed by atoms with Gasteiger partial charge in [-0.3, -0.25) is 9.80 Å². The number of fused-ring (bicyclic) bond motifs is 5. The number of halogens is 4. The molecule has 0 radical (unpaired) electrons. The molecule has 10 rings (SSSR count). The molecule has 5 heterocycles. The Labute approximate surface area is 381 Å². The lowest BCUT2D eigenvalue weighted by atomic mass is 9.92. The van der Waals surface area contributed by atoms with Gasteiger partial charge in [0, 0.05) is 53.5 Å². The molecule has 65 heavy (non-hydrogen) atoms. The van der Waals surface area contributed by atoms with Gasteiger partial charge in [-0.15, -0.1) is 6.42 Å². The number of hydrogen-bond donors (Lipinski definition) is 0. The van der Waals surface area contributed by atoms with Crippen LogP contribution in [0.2, 0.25) is 5.02 Å². The van der Waals surface area contributed by atoms with Gasteiger partial charge < -0.3 is 14.4 Å². The molecule has 4 aliphatic rings. The van der Waals surface area contributed by atoms with Crippen LogP contribution in [0.15, 0.2) is 96.0 Å². The molecule has 0 spiro atoms. The van der Waals surface area contributed by atoms with Gasteiger partial charge in [-0.25, -0.2) is 23.0 Å². The first kappa shape index (κ1) is 42.8. The van der Waals surface area contributed by atoms with Crippen molar-refractivity contribution in [2.75, 3.05) is 37.7 Å². The lowest BCUT2D eigenvalue weighted by Crippen LogP contribution is -2.57. The van der Waals surface area contributed by atoms with E-state index >= 15 is 8.78 Å². The summed E-state index contributed by atoms with van der Waals surface area (Å²) in [7, 11) is 0. The number of terminal acetylenes is 1. The summed E-state index contributed by atoms with van der Waals surface area (Å²) >= 11 is 7.26. The molecule has 13 heteroatoms. The van der Waals surface area contributed by atoms with Crippen LogP contribution in [0.1, 0.15) is 69.6 Å². The average molecular weight is 897 g/mol. The number of aromatic nitrogens is 2. The van der Waals surface area contributed by atoms with Crippen LogP contribution in [-0.4, -0.2) is 93.8 Å². The fraction of sp³-hybridized carbons (Fsp3) is 0.346. The molecule has 4 aliphatic heterocycles. The highest BCUT2D eigenvalue weighted by molar-refractivity contribution is 6.35. The molecule has 0 N–H and O–H groups in total. The average Bonchev–Trinajstić information content (AvgIpc) is 3.91. The third-order valence-electron chi connectivity index (χ3n) is 13.3. The van der Waals surface area contributed by atoms with E-state index in [2.05, 4.69) is 10.8 Å². The van der Waals surface area contributed by atoms with Crippen molar-refractivity contribution in [2.24, 2.45) is 4.99 Å². The molecule has 4 fully saturated rings. The number of nitrogens with zero attached hydrogens (tertiary/aromatic N) is 6. The molecule has 0 saturated carbocycles. The lowest BCUT2D eigenvalue weighted by molar-refractivity contribution is 0.0122. The van der Waals surface area contributed by atoms with Gasteiger partial charge >= 0.3 is 12.1 Å². The normalized spacial score (nSPS) is 21.7. The summed E-state index contributed by atoms with van der Waals surface area (Å²) in [6, 6.07) is 27.0. The van der Waals surface area contributed by atoms with Crippen LogP contribution in [0.3, 0.4) is 0 Å². The topological polar surface area (TPSA) is 83.4 Å². The molecule has 1 aromatic heterocycles. The molecule has 0 aliphatic carbocycles. The Bertz CT molecular complexity index is 2870. The van der Waals surface area contributed by atoms with Crippen molar-refractivity contribution in [1.82, 2.24) is 19.8 Å². The number of benzene rings is 5. The molecule has 4 saturated heterocycles. The number of hydrogen-bond acceptors (Lipinski definition) is 8. The number of aliphatic imine (C=N–C) groups is 1. The lowest BCUT2D eigenvalue weighted by Gasteiger charge is -2.42. The molecular formula is C52H48ClF3N6O3. The van der Waals surface area contributed by atoms with Gasteiger partial charge in [0.2, 0.25) is 0 Å². The van der Waals surface area contributed by atoms with Crippen LogP contribution in [0.25, 0.3) is 32.8 Å². The van der Waals surface area contributed by atoms with E-state index in [1.165, 1.54) is 6.07 Å². The van der Waals surface area contributed by atoms with Gasteiger partial charge in [-0.1, -0.05) is 84.3 Å². The van der Waals surface area contributed by atoms with Gasteiger partial charge in [0.15, 0.2) is 5.82 Å². The number of rotatable bonds is 8. The zero-order valence-electron chi connectivity index (χ0n) is 36.5. The smallest absolute Gasteiger partial charge is 0.410 e. The highest BCUT2D eigenvalue weighted by Gasteiger charge is 2.50. The molecular weight excluding hydrogens is 849 g/mol. The molecule has 4 atom stereocenters. The van der Waals surface area contributed by atoms with Crippen molar-refractivity contribution in [3.05, 3.63) is 124 Å². The predicted octanol–water partition coefficient (Wildman–Crippen LogP) is 11.1. The first-order valence-electron chi connectivity index (χ1n) is 22.2. The maximum absolute atomic E-state index is 18.1. The summed E-state index contributed by atoms with van der Waals surface area (Å²) in [5.74, 6) is 1.46. The fourth-order valence-electron chi connectivity index (χ4n) is 10.5. The van der Waals surface area contributed by atoms with Crippen LogP contribution in [-0.2, 0) is 4.74 Å². The Morgan fingerprint density at radius 2 is 1.65 bits per heavy atom. The fourth-order valence-corrected chi connectivity index (χ4v) is 10.8. The minimum atomic E-state index is -0.977. The van der Waals surface area contributed by atoms with Crippen LogP contribution in [0.5, 0.6) is 6.01 Å². The maximum Gasteiger partial charge on any atom is 0.410 e. The summed E-state index contributed by atoms with van der Waals surface area (Å²) in [5, 5.41) is 1.16. The van der Waals surface area contributed by atoms with Crippen LogP contribution >= 0.6 is 11.6 Å². The summed E-state index contributed by atoms with van der Waals surface area (Å²) in [6.45, 7) is 7.55. The van der Waals surface area contributed by atoms with E-state index in [1.54, 1.807) is 24.3 Å². The summed E-state index contributed by atoms with van der Waals surface area (Å²) < 4.78 is 60.9. The van der Waals surface area contributed by atoms with Crippen molar-refractivity contribution in [3.8, 4) is 29.5 Å². The van der Waals surface area contributed by atoms with E-state index in [0.717, 1.165) is 43.4 Å². The number of amides is 1. The largest absolute Gasteiger partial charge is 0.461 e. The van der Waals surface area contributed by atoms with E-state index in [0.29, 0.717) is 54.0 Å². The molecule has 1 amide bonds. The summed E-state index contributed by atoms with van der Waals surface area (Å²) in [4.78, 5) is 34.3. The van der Waals surface area contributed by atoms with Crippen LogP contribution in [0, 0.1) is 24.0 Å². The molecule has 332 valence electrons. The molecule has 2 bridgehead atoms. The van der Waals surface area contributed by atoms with Crippen molar-refractivity contribution in [3.63, 3.8) is 0 Å². The molecule has 6 aromatic rings. The zero-order valence-corrected chi connectivity index (χ0v) is 37.2. The minimum absolute atomic E-state index is 0.0188. The third-order valence-corrected chi connectivity index (χ3v) is 13.6. The van der Waals surface area contributed by atoms with Crippen molar-refractivity contribution in [2.45, 2.75) is 82.3 Å². The molecule has 9 nitrogen and oxygen atoms in total. The van der Waals surface area contributed by atoms with E-state index in [-0.39, 0.29) is 63.4 Å². The van der Waals surface area contributed by atoms with Crippen molar-refractivity contribution < 1.29 is 27.4 Å². The monoisotopic (exact) mass is 896 g/mol. The Kier molecular flexibility index (Phi) is 11.0. The number of alkyl halides is 1. The van der Waals surface area contributed by atoms with Gasteiger partial charge in [-0.05, 0) is 88.2 Å². The Balaban J connectivity index is 1.14. The summed E-state index contributed by atoms with van der Waals surface area (Å²) in [6.07, 6.45) is 8.15. The van der Waals surface area contributed by atoms with Gasteiger partial charge in [0.1, 0.15) is 35.5 Å². The number of anilines is 1. The Morgan fingerprint density at radius 1 is 0.954 bits per heavy atom. The number of ether oxygens (including phenoxy) is 2. The minimum Gasteiger partial charge on any atom is -0.461 e. The molecule has 5 aromatic carbocycles. The van der Waals surface area contributed by atoms with Crippen LogP contribution < -0.4 is 9.64 Å². The second kappa shape index (κ2) is 16.7. The third kappa shape index (κ3) is 7.93. The number of carbonyl (C=O) groups is 1. The highest BCUT2D eigenvalue weighted by Crippen LogP contribution is 2.46. The van der Waals surface area contributed by atoms with E-state index in [4.69, 9.17) is 42.5 Å². The first-order chi connectivity index (χ1) is 31.3. The molecule has 2 unspecified atom stereocenters. The number of piperazine rings is 1. The highest BCUT2D eigenvalue weighted by atomic mass is 35.5. The van der Waals surface area contributed by atoms with E-state index in [9.17, 15) is 9.18 Å². The second-order valence-electron chi connectivity index (χ2n) is 18.7. The van der Waals surface area contributed by atoms with Crippen LogP contribution in [0.4, 0.5) is 29.5 Å². The first-order valence-corrected chi connectivity index (χ1v) is 22.6. The zero-order chi connectivity index (χ0) is 45.2. The quantitative estimate of drug-likeness (QED) is 0.111. The SMILES string of the molecule is C#Cc1c(F)ccc2cc(N=C(c3ccccc3)c3ccccc3)cc(-c3c(Cl)cc4c(N5CC6CCC(C5)N6C(=O)OC(C)(C)C)nc(OC[C@@]56CCCN5C[C@H](F)C6)nc4c3F)c12. The maximum atomic E-state index is 18.1. The second-order valence-corrected chi connectivity index (χ2v) is 19.1. The van der Waals surface area contributed by atoms with Crippen molar-refractivity contribution >= 4 is 56.6 Å². The van der Waals surface area contributed by atoms with E-state index < -0.39 is 28.9 Å². The Hall–Kier alpha value is -6.16.